The molecule has 2 aromatic heterocycles. The highest BCUT2D eigenvalue weighted by Gasteiger charge is 2.29. The van der Waals surface area contributed by atoms with Gasteiger partial charge < -0.3 is 15.0 Å². The van der Waals surface area contributed by atoms with E-state index in [0.29, 0.717) is 48.3 Å². The molecule has 0 bridgehead atoms. The fourth-order valence-electron chi connectivity index (χ4n) is 3.60. The van der Waals surface area contributed by atoms with Gasteiger partial charge in [-0.2, -0.15) is 0 Å². The van der Waals surface area contributed by atoms with Crippen LogP contribution < -0.4 is 5.32 Å². The van der Waals surface area contributed by atoms with Gasteiger partial charge in [0.25, 0.3) is 11.8 Å². The Morgan fingerprint density at radius 3 is 2.87 bits per heavy atom. The van der Waals surface area contributed by atoms with Gasteiger partial charge in [-0.05, 0) is 25.0 Å². The molecule has 7 nitrogen and oxygen atoms in total. The molecule has 8 heteroatoms. The van der Waals surface area contributed by atoms with Crippen LogP contribution >= 0.6 is 11.3 Å². The average molecular weight is 439 g/mol. The van der Waals surface area contributed by atoms with Crippen LogP contribution in [0.4, 0.5) is 0 Å². The molecule has 31 heavy (non-hydrogen) atoms. The van der Waals surface area contributed by atoms with Gasteiger partial charge in [0, 0.05) is 18.5 Å². The Kier molecular flexibility index (Phi) is 6.29. The van der Waals surface area contributed by atoms with Crippen molar-refractivity contribution in [2.45, 2.75) is 26.9 Å². The van der Waals surface area contributed by atoms with Crippen LogP contribution in [-0.2, 0) is 4.74 Å². The number of para-hydroxylation sites is 1. The molecule has 0 aliphatic carbocycles. The number of thiazole rings is 1. The van der Waals surface area contributed by atoms with Crippen molar-refractivity contribution < 1.29 is 14.3 Å². The number of nitrogens with zero attached hydrogens (tertiary/aromatic N) is 3. The maximum Gasteiger partial charge on any atom is 0.266 e. The van der Waals surface area contributed by atoms with Crippen LogP contribution in [0.15, 0.2) is 35.8 Å². The zero-order valence-corrected chi connectivity index (χ0v) is 18.7. The smallest absolute Gasteiger partial charge is 0.266 e. The van der Waals surface area contributed by atoms with E-state index in [0.717, 1.165) is 16.6 Å². The van der Waals surface area contributed by atoms with Gasteiger partial charge >= 0.3 is 0 Å². The minimum atomic E-state index is -0.396. The number of amides is 2. The Labute approximate surface area is 185 Å². The number of aryl methyl sites for hydroxylation is 1. The molecule has 0 radical (unpaired) electrons. The fraction of sp³-hybridized carbons (Fsp3) is 0.391. The molecule has 3 aromatic rings. The second-order valence-electron chi connectivity index (χ2n) is 8.09. The van der Waals surface area contributed by atoms with Gasteiger partial charge in [-0.25, -0.2) is 9.97 Å². The molecule has 1 unspecified atom stereocenters. The molecule has 1 saturated heterocycles. The van der Waals surface area contributed by atoms with E-state index < -0.39 is 6.10 Å². The highest BCUT2D eigenvalue weighted by Crippen LogP contribution is 2.27. The second kappa shape index (κ2) is 9.11. The number of fused-ring (bicyclic) bond motifs is 1. The Bertz CT molecular complexity index is 1110. The van der Waals surface area contributed by atoms with Crippen molar-refractivity contribution >= 4 is 34.1 Å². The molecule has 1 atom stereocenters. The molecule has 1 aliphatic rings. The third-order valence-corrected chi connectivity index (χ3v) is 6.19. The van der Waals surface area contributed by atoms with Crippen LogP contribution in [0, 0.1) is 12.8 Å². The summed E-state index contributed by atoms with van der Waals surface area (Å²) in [5, 5.41) is 3.80. The van der Waals surface area contributed by atoms with Crippen LogP contribution in [0.3, 0.4) is 0 Å². The lowest BCUT2D eigenvalue weighted by Crippen LogP contribution is -2.42. The van der Waals surface area contributed by atoms with Gasteiger partial charge in [-0.1, -0.05) is 32.0 Å². The minimum Gasteiger partial charge on any atom is -0.368 e. The Hall–Kier alpha value is -2.84. The summed E-state index contributed by atoms with van der Waals surface area (Å²) < 4.78 is 5.97. The lowest BCUT2D eigenvalue weighted by Gasteiger charge is -2.32. The van der Waals surface area contributed by atoms with E-state index >= 15 is 0 Å². The van der Waals surface area contributed by atoms with Gasteiger partial charge in [-0.3, -0.25) is 9.59 Å². The third-order valence-electron chi connectivity index (χ3n) is 5.27. The average Bonchev–Trinajstić information content (AvgIpc) is 3.22. The number of benzene rings is 1. The first-order valence-corrected chi connectivity index (χ1v) is 11.3. The molecular weight excluding hydrogens is 412 g/mol. The monoisotopic (exact) mass is 438 g/mol. The topological polar surface area (TPSA) is 84.4 Å². The van der Waals surface area contributed by atoms with Crippen LogP contribution in [0.1, 0.15) is 51.4 Å². The molecule has 1 aliphatic heterocycles. The number of morpholine rings is 1. The molecule has 1 N–H and O–H groups in total. The van der Waals surface area contributed by atoms with Crippen LogP contribution in [0.2, 0.25) is 0 Å². The number of hydrogen-bond acceptors (Lipinski definition) is 6. The maximum atomic E-state index is 13.0. The second-order valence-corrected chi connectivity index (χ2v) is 8.95. The minimum absolute atomic E-state index is 0.0380. The van der Waals surface area contributed by atoms with Crippen molar-refractivity contribution in [2.75, 3.05) is 26.2 Å². The first kappa shape index (κ1) is 21.4. The first-order valence-electron chi connectivity index (χ1n) is 10.4. The van der Waals surface area contributed by atoms with Crippen molar-refractivity contribution in [2.24, 2.45) is 5.92 Å². The van der Waals surface area contributed by atoms with Gasteiger partial charge in [0.05, 0.1) is 41.1 Å². The lowest BCUT2D eigenvalue weighted by molar-refractivity contribution is -0.0244. The van der Waals surface area contributed by atoms with Crippen molar-refractivity contribution in [3.8, 4) is 0 Å². The molecule has 4 rings (SSSR count). The molecule has 3 heterocycles. The van der Waals surface area contributed by atoms with Crippen molar-refractivity contribution in [3.63, 3.8) is 0 Å². The summed E-state index contributed by atoms with van der Waals surface area (Å²) >= 11 is 1.35. The summed E-state index contributed by atoms with van der Waals surface area (Å²) in [5.41, 5.74) is 4.40. The number of pyridine rings is 1. The molecule has 1 fully saturated rings. The summed E-state index contributed by atoms with van der Waals surface area (Å²) in [6, 6.07) is 9.40. The van der Waals surface area contributed by atoms with Crippen molar-refractivity contribution in [1.82, 2.24) is 20.2 Å². The Morgan fingerprint density at radius 2 is 2.13 bits per heavy atom. The van der Waals surface area contributed by atoms with E-state index in [1.54, 1.807) is 16.5 Å². The van der Waals surface area contributed by atoms with E-state index in [2.05, 4.69) is 24.1 Å². The molecule has 162 valence electrons. The maximum absolute atomic E-state index is 13.0. The molecular formula is C23H26N4O3S. The SMILES string of the molecule is Cc1ncsc1C(=O)N1CCOC(c2cc(C(=O)NCC(C)C)c3ccccc3n2)C1. The van der Waals surface area contributed by atoms with Crippen molar-refractivity contribution in [1.29, 1.82) is 0 Å². The highest BCUT2D eigenvalue weighted by molar-refractivity contribution is 7.11. The van der Waals surface area contributed by atoms with Crippen LogP contribution in [-0.4, -0.2) is 52.9 Å². The molecule has 2 amide bonds. The highest BCUT2D eigenvalue weighted by atomic mass is 32.1. The quantitative estimate of drug-likeness (QED) is 0.658. The molecule has 0 spiro atoms. The number of carbonyl (C=O) groups is 2. The number of hydrogen-bond donors (Lipinski definition) is 1. The van der Waals surface area contributed by atoms with E-state index in [1.807, 2.05) is 31.2 Å². The van der Waals surface area contributed by atoms with Gasteiger partial charge in [-0.15, -0.1) is 11.3 Å². The van der Waals surface area contributed by atoms with Crippen molar-refractivity contribution in [3.05, 3.63) is 57.7 Å². The Balaban J connectivity index is 1.63. The predicted octanol–water partition coefficient (Wildman–Crippen LogP) is 3.60. The number of rotatable bonds is 5. The number of ether oxygens (including phenoxy) is 1. The van der Waals surface area contributed by atoms with Crippen LogP contribution in [0.5, 0.6) is 0 Å². The van der Waals surface area contributed by atoms with Gasteiger partial charge in [0.2, 0.25) is 0 Å². The predicted molar refractivity (Wildman–Crippen MR) is 120 cm³/mol. The first-order chi connectivity index (χ1) is 14.9. The summed E-state index contributed by atoms with van der Waals surface area (Å²) in [6.45, 7) is 7.87. The normalized spacial score (nSPS) is 16.6. The van der Waals surface area contributed by atoms with E-state index in [9.17, 15) is 9.59 Å². The number of carbonyl (C=O) groups excluding carboxylic acids is 2. The standard InChI is InChI=1S/C23H26N4O3S/c1-14(2)11-24-22(28)17-10-19(26-18-7-5-4-6-16(17)18)20-12-27(8-9-30-20)23(29)21-15(3)25-13-31-21/h4-7,10,13-14,20H,8-9,11-12H2,1-3H3,(H,24,28). The fourth-order valence-corrected chi connectivity index (χ4v) is 4.37. The number of aromatic nitrogens is 2. The molecule has 1 aromatic carbocycles. The van der Waals surface area contributed by atoms with Gasteiger partial charge in [0.1, 0.15) is 11.0 Å². The van der Waals surface area contributed by atoms with Crippen LogP contribution in [0.25, 0.3) is 10.9 Å². The van der Waals surface area contributed by atoms with E-state index in [4.69, 9.17) is 9.72 Å². The summed E-state index contributed by atoms with van der Waals surface area (Å²) in [5.74, 6) is 0.189. The zero-order valence-electron chi connectivity index (χ0n) is 17.9. The summed E-state index contributed by atoms with van der Waals surface area (Å²) in [4.78, 5) is 37.2. The van der Waals surface area contributed by atoms with Gasteiger partial charge in [0.15, 0.2) is 0 Å². The van der Waals surface area contributed by atoms with E-state index in [1.165, 1.54) is 11.3 Å². The van der Waals surface area contributed by atoms with E-state index in [-0.39, 0.29) is 11.8 Å². The summed E-state index contributed by atoms with van der Waals surface area (Å²) in [7, 11) is 0. The largest absolute Gasteiger partial charge is 0.368 e. The zero-order chi connectivity index (χ0) is 22.0. The Morgan fingerprint density at radius 1 is 1.32 bits per heavy atom. The number of nitrogens with one attached hydrogen (secondary N) is 1. The lowest BCUT2D eigenvalue weighted by atomic mass is 10.0. The summed E-state index contributed by atoms with van der Waals surface area (Å²) in [6.07, 6.45) is -0.396. The molecule has 0 saturated carbocycles. The third kappa shape index (κ3) is 4.60.